The van der Waals surface area contributed by atoms with Crippen molar-refractivity contribution in [1.29, 1.82) is 0 Å². The minimum absolute atomic E-state index is 0.0178. The molecule has 0 saturated carbocycles. The van der Waals surface area contributed by atoms with E-state index in [1.165, 1.54) is 0 Å². The fraction of sp³-hybridized carbons (Fsp3) is 0.500. The first-order valence-electron chi connectivity index (χ1n) is 5.90. The first-order chi connectivity index (χ1) is 7.86. The van der Waals surface area contributed by atoms with Gasteiger partial charge in [0.05, 0.1) is 4.83 Å². The van der Waals surface area contributed by atoms with Crippen molar-refractivity contribution in [2.45, 2.75) is 44.4 Å². The molecule has 0 bridgehead atoms. The van der Waals surface area contributed by atoms with Crippen LogP contribution in [0.2, 0.25) is 0 Å². The van der Waals surface area contributed by atoms with Crippen molar-refractivity contribution >= 4 is 27.5 Å². The number of carbonyl (C=O) groups excluding carboxylic acids is 1. The molecule has 0 fully saturated rings. The Labute approximate surface area is 112 Å². The van der Waals surface area contributed by atoms with Crippen LogP contribution in [0.1, 0.15) is 39.7 Å². The summed E-state index contributed by atoms with van der Waals surface area (Å²) in [6, 6.07) is 7.96. The molecule has 0 aliphatic rings. The zero-order valence-electron chi connectivity index (χ0n) is 10.9. The highest BCUT2D eigenvalue weighted by Crippen LogP contribution is 2.29. The summed E-state index contributed by atoms with van der Waals surface area (Å²) in [4.78, 5) is 11.7. The van der Waals surface area contributed by atoms with E-state index in [-0.39, 0.29) is 16.1 Å². The smallest absolute Gasteiger partial charge is 0.238 e. The molecule has 1 unspecified atom stereocenters. The molecule has 1 atom stereocenters. The van der Waals surface area contributed by atoms with E-state index in [9.17, 15) is 4.79 Å². The van der Waals surface area contributed by atoms with Gasteiger partial charge < -0.3 is 5.32 Å². The Balaban J connectivity index is 2.96. The van der Waals surface area contributed by atoms with Crippen LogP contribution in [0.5, 0.6) is 0 Å². The highest BCUT2D eigenvalue weighted by Gasteiger charge is 2.20. The first-order valence-corrected chi connectivity index (χ1v) is 6.82. The number of hydrogen-bond acceptors (Lipinski definition) is 1. The van der Waals surface area contributed by atoms with Crippen LogP contribution in [-0.4, -0.2) is 10.7 Å². The van der Waals surface area contributed by atoms with Crippen molar-refractivity contribution in [1.82, 2.24) is 0 Å². The van der Waals surface area contributed by atoms with Gasteiger partial charge in [0.15, 0.2) is 0 Å². The normalized spacial score (nSPS) is 13.2. The maximum absolute atomic E-state index is 11.9. The van der Waals surface area contributed by atoms with Gasteiger partial charge in [-0.15, -0.1) is 0 Å². The lowest BCUT2D eigenvalue weighted by Gasteiger charge is -2.23. The Kier molecular flexibility index (Phi) is 4.75. The van der Waals surface area contributed by atoms with Gasteiger partial charge in [0, 0.05) is 5.69 Å². The number of benzene rings is 1. The van der Waals surface area contributed by atoms with Crippen molar-refractivity contribution in [3.05, 3.63) is 29.8 Å². The van der Waals surface area contributed by atoms with Gasteiger partial charge in [0.1, 0.15) is 0 Å². The number of alkyl halides is 1. The van der Waals surface area contributed by atoms with E-state index in [1.807, 2.05) is 25.1 Å². The molecule has 0 aliphatic heterocycles. The molecule has 0 aliphatic carbocycles. The highest BCUT2D eigenvalue weighted by atomic mass is 79.9. The van der Waals surface area contributed by atoms with Crippen molar-refractivity contribution in [2.75, 3.05) is 5.32 Å². The van der Waals surface area contributed by atoms with Gasteiger partial charge in [-0.1, -0.05) is 61.8 Å². The van der Waals surface area contributed by atoms with Crippen LogP contribution >= 0.6 is 15.9 Å². The first kappa shape index (κ1) is 14.2. The summed E-state index contributed by atoms with van der Waals surface area (Å²) < 4.78 is 0. The lowest BCUT2D eigenvalue weighted by molar-refractivity contribution is -0.115. The monoisotopic (exact) mass is 297 g/mol. The maximum atomic E-state index is 11.9. The molecule has 1 aromatic carbocycles. The highest BCUT2D eigenvalue weighted by molar-refractivity contribution is 9.10. The van der Waals surface area contributed by atoms with Crippen LogP contribution in [0, 0.1) is 0 Å². The number of amides is 1. The number of para-hydroxylation sites is 1. The van der Waals surface area contributed by atoms with Crippen LogP contribution in [0.15, 0.2) is 24.3 Å². The fourth-order valence-corrected chi connectivity index (χ4v) is 1.76. The molecular weight excluding hydrogens is 278 g/mol. The second kappa shape index (κ2) is 5.67. The van der Waals surface area contributed by atoms with Crippen LogP contribution in [0.4, 0.5) is 5.69 Å². The molecule has 94 valence electrons. The molecule has 1 amide bonds. The van der Waals surface area contributed by atoms with Gasteiger partial charge in [-0.25, -0.2) is 0 Å². The third kappa shape index (κ3) is 3.84. The Morgan fingerprint density at radius 2 is 1.94 bits per heavy atom. The minimum Gasteiger partial charge on any atom is -0.325 e. The SMILES string of the molecule is CCC(Br)C(=O)Nc1ccccc1C(C)(C)C. The van der Waals surface area contributed by atoms with Crippen molar-refractivity contribution in [3.8, 4) is 0 Å². The summed E-state index contributed by atoms with van der Waals surface area (Å²) in [5.41, 5.74) is 2.09. The lowest BCUT2D eigenvalue weighted by Crippen LogP contribution is -2.24. The number of halogens is 1. The van der Waals surface area contributed by atoms with Gasteiger partial charge >= 0.3 is 0 Å². The zero-order valence-corrected chi connectivity index (χ0v) is 12.5. The average Bonchev–Trinajstić information content (AvgIpc) is 2.27. The van der Waals surface area contributed by atoms with Crippen LogP contribution in [0.3, 0.4) is 0 Å². The average molecular weight is 298 g/mol. The Bertz CT molecular complexity index is 395. The summed E-state index contributed by atoms with van der Waals surface area (Å²) in [5.74, 6) is 0.0178. The van der Waals surface area contributed by atoms with Crippen LogP contribution in [0.25, 0.3) is 0 Å². The Hall–Kier alpha value is -0.830. The third-order valence-corrected chi connectivity index (χ3v) is 3.70. The molecular formula is C14H20BrNO. The topological polar surface area (TPSA) is 29.1 Å². The van der Waals surface area contributed by atoms with Gasteiger partial charge in [-0.3, -0.25) is 4.79 Å². The van der Waals surface area contributed by atoms with Crippen LogP contribution in [-0.2, 0) is 10.2 Å². The van der Waals surface area contributed by atoms with E-state index in [1.54, 1.807) is 0 Å². The number of hydrogen-bond donors (Lipinski definition) is 1. The van der Waals surface area contributed by atoms with Gasteiger partial charge in [0.25, 0.3) is 0 Å². The molecule has 2 nitrogen and oxygen atoms in total. The van der Waals surface area contributed by atoms with Crippen molar-refractivity contribution in [3.63, 3.8) is 0 Å². The largest absolute Gasteiger partial charge is 0.325 e. The molecule has 1 rings (SSSR count). The predicted octanol–water partition coefficient (Wildman–Crippen LogP) is 4.10. The van der Waals surface area contributed by atoms with E-state index in [0.717, 1.165) is 17.7 Å². The van der Waals surface area contributed by atoms with Gasteiger partial charge in [0.2, 0.25) is 5.91 Å². The molecule has 0 spiro atoms. The zero-order chi connectivity index (χ0) is 13.1. The van der Waals surface area contributed by atoms with Gasteiger partial charge in [-0.05, 0) is 23.5 Å². The van der Waals surface area contributed by atoms with Crippen LogP contribution < -0.4 is 5.32 Å². The molecule has 17 heavy (non-hydrogen) atoms. The maximum Gasteiger partial charge on any atom is 0.238 e. The lowest BCUT2D eigenvalue weighted by atomic mass is 9.86. The summed E-state index contributed by atoms with van der Waals surface area (Å²) in [7, 11) is 0. The summed E-state index contributed by atoms with van der Waals surface area (Å²) in [5, 5.41) is 2.98. The summed E-state index contributed by atoms with van der Waals surface area (Å²) in [6.45, 7) is 8.41. The van der Waals surface area contributed by atoms with E-state index in [0.29, 0.717) is 0 Å². The van der Waals surface area contributed by atoms with E-state index in [2.05, 4.69) is 48.1 Å². The Morgan fingerprint density at radius 1 is 1.35 bits per heavy atom. The van der Waals surface area contributed by atoms with Crippen molar-refractivity contribution < 1.29 is 4.79 Å². The minimum atomic E-state index is -0.129. The van der Waals surface area contributed by atoms with E-state index < -0.39 is 0 Å². The predicted molar refractivity (Wildman–Crippen MR) is 76.8 cm³/mol. The molecule has 0 radical (unpaired) electrons. The molecule has 1 aromatic rings. The van der Waals surface area contributed by atoms with Crippen molar-refractivity contribution in [2.24, 2.45) is 0 Å². The molecule has 0 saturated heterocycles. The molecule has 3 heteroatoms. The Morgan fingerprint density at radius 3 is 2.47 bits per heavy atom. The number of rotatable bonds is 3. The number of anilines is 1. The second-order valence-electron chi connectivity index (χ2n) is 5.16. The quantitative estimate of drug-likeness (QED) is 0.836. The number of nitrogens with one attached hydrogen (secondary N) is 1. The molecule has 0 heterocycles. The second-order valence-corrected chi connectivity index (χ2v) is 6.27. The summed E-state index contributed by atoms with van der Waals surface area (Å²) >= 11 is 3.36. The fourth-order valence-electron chi connectivity index (χ4n) is 1.64. The molecule has 0 aromatic heterocycles. The standard InChI is InChI=1S/C14H20BrNO/c1-5-11(15)13(17)16-12-9-7-6-8-10(12)14(2,3)4/h6-9,11H,5H2,1-4H3,(H,16,17). The number of carbonyl (C=O) groups is 1. The summed E-state index contributed by atoms with van der Waals surface area (Å²) in [6.07, 6.45) is 0.781. The van der Waals surface area contributed by atoms with E-state index in [4.69, 9.17) is 0 Å². The molecule has 1 N–H and O–H groups in total. The third-order valence-electron chi connectivity index (χ3n) is 2.64. The van der Waals surface area contributed by atoms with Gasteiger partial charge in [-0.2, -0.15) is 0 Å². The van der Waals surface area contributed by atoms with E-state index >= 15 is 0 Å².